The van der Waals surface area contributed by atoms with E-state index in [9.17, 15) is 0 Å². The van der Waals surface area contributed by atoms with Gasteiger partial charge < -0.3 is 10.6 Å². The van der Waals surface area contributed by atoms with Crippen molar-refractivity contribution in [1.29, 1.82) is 0 Å². The number of nitrogens with zero attached hydrogens (tertiary/aromatic N) is 4. The molecule has 16 heavy (non-hydrogen) atoms. The van der Waals surface area contributed by atoms with Crippen molar-refractivity contribution in [2.45, 2.75) is 25.9 Å². The minimum Gasteiger partial charge on any atom is -0.381 e. The number of nitrogen functional groups attached to an aromatic ring is 1. The quantitative estimate of drug-likeness (QED) is 0.752. The van der Waals surface area contributed by atoms with Gasteiger partial charge >= 0.3 is 0 Å². The Bertz CT molecular complexity index is 355. The monoisotopic (exact) mass is 221 g/mol. The highest BCUT2D eigenvalue weighted by atomic mass is 15.3. The van der Waals surface area contributed by atoms with Crippen LogP contribution in [0.25, 0.3) is 0 Å². The Balaban J connectivity index is 2.20. The summed E-state index contributed by atoms with van der Waals surface area (Å²) in [5, 5.41) is 0. The predicted octanol–water partition coefficient (Wildman–Crippen LogP) is 0.588. The number of nitrogens with two attached hydrogens (primary N) is 1. The number of rotatable bonds is 1. The Morgan fingerprint density at radius 2 is 1.75 bits per heavy atom. The first kappa shape index (κ1) is 11.1. The molecular weight excluding hydrogens is 202 g/mol. The molecule has 0 bridgehead atoms. The smallest absolute Gasteiger partial charge is 0.171 e. The Hall–Kier alpha value is -1.36. The van der Waals surface area contributed by atoms with Gasteiger partial charge in [0.2, 0.25) is 0 Å². The molecule has 0 spiro atoms. The van der Waals surface area contributed by atoms with Crippen LogP contribution in [0.5, 0.6) is 0 Å². The Kier molecular flexibility index (Phi) is 2.96. The summed E-state index contributed by atoms with van der Waals surface area (Å²) in [5.74, 6) is 1.33. The van der Waals surface area contributed by atoms with Gasteiger partial charge in [-0.3, -0.25) is 4.90 Å². The molecule has 5 nitrogen and oxygen atoms in total. The van der Waals surface area contributed by atoms with Crippen molar-refractivity contribution in [3.8, 4) is 0 Å². The van der Waals surface area contributed by atoms with E-state index in [1.54, 1.807) is 12.4 Å². The van der Waals surface area contributed by atoms with Crippen LogP contribution in [0.4, 0.5) is 11.6 Å². The third-order valence-corrected chi connectivity index (χ3v) is 3.37. The van der Waals surface area contributed by atoms with Crippen LogP contribution in [0.3, 0.4) is 0 Å². The van der Waals surface area contributed by atoms with E-state index in [-0.39, 0.29) is 0 Å². The fraction of sp³-hybridized carbons (Fsp3) is 0.636. The largest absolute Gasteiger partial charge is 0.381 e. The predicted molar refractivity (Wildman–Crippen MR) is 65.3 cm³/mol. The maximum absolute atomic E-state index is 5.85. The summed E-state index contributed by atoms with van der Waals surface area (Å²) in [6.45, 7) is 6.33. The summed E-state index contributed by atoms with van der Waals surface area (Å²) in [5.41, 5.74) is 5.85. The van der Waals surface area contributed by atoms with Crippen molar-refractivity contribution in [3.05, 3.63) is 12.4 Å². The van der Waals surface area contributed by atoms with Crippen LogP contribution in [0, 0.1) is 0 Å². The summed E-state index contributed by atoms with van der Waals surface area (Å²) < 4.78 is 0. The van der Waals surface area contributed by atoms with Gasteiger partial charge in [0.05, 0.1) is 0 Å². The first-order chi connectivity index (χ1) is 7.59. The summed E-state index contributed by atoms with van der Waals surface area (Å²) in [6.07, 6.45) is 3.32. The third kappa shape index (κ3) is 1.95. The molecule has 1 aliphatic rings. The van der Waals surface area contributed by atoms with Crippen LogP contribution in [0.15, 0.2) is 12.4 Å². The van der Waals surface area contributed by atoms with E-state index in [0.29, 0.717) is 17.9 Å². The molecule has 88 valence electrons. The number of hydrogen-bond acceptors (Lipinski definition) is 5. The molecule has 2 unspecified atom stereocenters. The Labute approximate surface area is 96.3 Å². The minimum atomic E-state index is 0.505. The van der Waals surface area contributed by atoms with Gasteiger partial charge in [-0.2, -0.15) is 0 Å². The molecule has 5 heteroatoms. The first-order valence-corrected chi connectivity index (χ1v) is 5.63. The van der Waals surface area contributed by atoms with Crippen molar-refractivity contribution in [2.75, 3.05) is 30.8 Å². The van der Waals surface area contributed by atoms with Crippen molar-refractivity contribution < 1.29 is 0 Å². The van der Waals surface area contributed by atoms with Gasteiger partial charge in [-0.1, -0.05) is 0 Å². The molecule has 0 radical (unpaired) electrons. The lowest BCUT2D eigenvalue weighted by Crippen LogP contribution is -2.55. The summed E-state index contributed by atoms with van der Waals surface area (Å²) >= 11 is 0. The molecule has 2 rings (SSSR count). The number of hydrogen-bond donors (Lipinski definition) is 1. The molecule has 1 fully saturated rings. The van der Waals surface area contributed by atoms with E-state index in [2.05, 4.69) is 40.7 Å². The molecule has 1 aromatic rings. The lowest BCUT2D eigenvalue weighted by Gasteiger charge is -2.43. The van der Waals surface area contributed by atoms with Crippen LogP contribution in [-0.2, 0) is 0 Å². The van der Waals surface area contributed by atoms with Gasteiger partial charge in [-0.25, -0.2) is 9.97 Å². The molecule has 2 heterocycles. The zero-order valence-corrected chi connectivity index (χ0v) is 10.1. The third-order valence-electron chi connectivity index (χ3n) is 3.37. The maximum atomic E-state index is 5.85. The summed E-state index contributed by atoms with van der Waals surface area (Å²) in [7, 11) is 2.16. The van der Waals surface area contributed by atoms with Crippen LogP contribution < -0.4 is 10.6 Å². The number of aromatic nitrogens is 2. The fourth-order valence-electron chi connectivity index (χ4n) is 2.16. The lowest BCUT2D eigenvalue weighted by molar-refractivity contribution is 0.169. The second kappa shape index (κ2) is 4.25. The normalized spacial score (nSPS) is 27.1. The highest BCUT2D eigenvalue weighted by molar-refractivity contribution is 5.57. The van der Waals surface area contributed by atoms with E-state index in [4.69, 9.17) is 5.73 Å². The summed E-state index contributed by atoms with van der Waals surface area (Å²) in [6, 6.07) is 1.01. The average molecular weight is 221 g/mol. The zero-order valence-electron chi connectivity index (χ0n) is 10.1. The Morgan fingerprint density at radius 3 is 2.31 bits per heavy atom. The molecule has 0 saturated carbocycles. The van der Waals surface area contributed by atoms with Crippen molar-refractivity contribution >= 4 is 11.6 Å². The summed E-state index contributed by atoms with van der Waals surface area (Å²) in [4.78, 5) is 13.0. The molecule has 2 N–H and O–H groups in total. The van der Waals surface area contributed by atoms with E-state index in [1.165, 1.54) is 0 Å². The van der Waals surface area contributed by atoms with Crippen molar-refractivity contribution in [2.24, 2.45) is 0 Å². The second-order valence-corrected chi connectivity index (χ2v) is 4.53. The molecule has 0 aromatic carbocycles. The second-order valence-electron chi connectivity index (χ2n) is 4.53. The lowest BCUT2D eigenvalue weighted by atomic mass is 10.1. The molecule has 0 amide bonds. The topological polar surface area (TPSA) is 58.3 Å². The maximum Gasteiger partial charge on any atom is 0.171 e. The average Bonchev–Trinajstić information content (AvgIpc) is 2.26. The highest BCUT2D eigenvalue weighted by Crippen LogP contribution is 2.22. The highest BCUT2D eigenvalue weighted by Gasteiger charge is 2.28. The van der Waals surface area contributed by atoms with Gasteiger partial charge in [0.25, 0.3) is 0 Å². The molecule has 1 aliphatic heterocycles. The van der Waals surface area contributed by atoms with E-state index in [0.717, 1.165) is 18.9 Å². The number of anilines is 2. The molecular formula is C11H19N5. The van der Waals surface area contributed by atoms with Crippen LogP contribution >= 0.6 is 0 Å². The fourth-order valence-corrected chi connectivity index (χ4v) is 2.16. The first-order valence-electron chi connectivity index (χ1n) is 5.63. The molecule has 1 aromatic heterocycles. The molecule has 0 aliphatic carbocycles. The Morgan fingerprint density at radius 1 is 1.19 bits per heavy atom. The van der Waals surface area contributed by atoms with Crippen molar-refractivity contribution in [3.63, 3.8) is 0 Å². The van der Waals surface area contributed by atoms with Gasteiger partial charge in [-0.15, -0.1) is 0 Å². The molecule has 2 atom stereocenters. The van der Waals surface area contributed by atoms with Crippen LogP contribution in [0.2, 0.25) is 0 Å². The van der Waals surface area contributed by atoms with Crippen LogP contribution in [-0.4, -0.2) is 47.1 Å². The number of likely N-dealkylation sites (N-methyl/N-ethyl adjacent to an activating group) is 1. The van der Waals surface area contributed by atoms with Gasteiger partial charge in [0.15, 0.2) is 11.6 Å². The minimum absolute atomic E-state index is 0.505. The SMILES string of the molecule is CC1CN(c2nccnc2N)CC(C)N1C. The van der Waals surface area contributed by atoms with Gasteiger partial charge in [0.1, 0.15) is 0 Å². The standard InChI is InChI=1S/C11H19N5/c1-8-6-16(7-9(2)15(8)3)11-10(12)13-4-5-14-11/h4-5,8-9H,6-7H2,1-3H3,(H2,12,13). The van der Waals surface area contributed by atoms with E-state index < -0.39 is 0 Å². The molecule has 1 saturated heterocycles. The van der Waals surface area contributed by atoms with Crippen molar-refractivity contribution in [1.82, 2.24) is 14.9 Å². The zero-order chi connectivity index (χ0) is 11.7. The van der Waals surface area contributed by atoms with E-state index >= 15 is 0 Å². The van der Waals surface area contributed by atoms with Gasteiger partial charge in [0, 0.05) is 37.6 Å². The van der Waals surface area contributed by atoms with E-state index in [1.807, 2.05) is 0 Å². The number of piperazine rings is 1. The van der Waals surface area contributed by atoms with Gasteiger partial charge in [-0.05, 0) is 20.9 Å². The van der Waals surface area contributed by atoms with Crippen LogP contribution in [0.1, 0.15) is 13.8 Å².